The zero-order valence-electron chi connectivity index (χ0n) is 10.5. The van der Waals surface area contributed by atoms with E-state index in [1.807, 2.05) is 4.90 Å². The summed E-state index contributed by atoms with van der Waals surface area (Å²) in [6, 6.07) is 2.04. The fraction of sp³-hybridized carbons (Fsp3) is 0.429. The molecule has 0 aromatic carbocycles. The zero-order valence-corrected chi connectivity index (χ0v) is 10.5. The minimum atomic E-state index is 0.0451. The Balaban J connectivity index is 2.30. The highest BCUT2D eigenvalue weighted by atomic mass is 16.2. The molecule has 1 amide bonds. The molecule has 0 saturated carbocycles. The number of nitrogens with two attached hydrogens (primary N) is 1. The number of aromatic nitrogens is 1. The van der Waals surface area contributed by atoms with Gasteiger partial charge in [0.05, 0.1) is 17.7 Å². The fourth-order valence-electron chi connectivity index (χ4n) is 2.22. The van der Waals surface area contributed by atoms with Crippen molar-refractivity contribution in [1.82, 2.24) is 9.88 Å². The molecule has 4 nitrogen and oxygen atoms in total. The lowest BCUT2D eigenvalue weighted by molar-refractivity contribution is 0.0747. The molecule has 2 N–H and O–H groups in total. The van der Waals surface area contributed by atoms with Gasteiger partial charge >= 0.3 is 0 Å². The van der Waals surface area contributed by atoms with Gasteiger partial charge in [0.15, 0.2) is 0 Å². The Morgan fingerprint density at radius 1 is 1.67 bits per heavy atom. The lowest BCUT2D eigenvalue weighted by Crippen LogP contribution is -2.34. The molecule has 0 radical (unpaired) electrons. The van der Waals surface area contributed by atoms with E-state index in [0.29, 0.717) is 17.2 Å². The summed E-state index contributed by atoms with van der Waals surface area (Å²) >= 11 is 0. The Morgan fingerprint density at radius 3 is 3.17 bits per heavy atom. The number of hydrogen-bond donors (Lipinski definition) is 1. The Labute approximate surface area is 107 Å². The molecule has 0 bridgehead atoms. The first-order valence-electron chi connectivity index (χ1n) is 6.18. The summed E-state index contributed by atoms with van der Waals surface area (Å²) in [6.45, 7) is 3.19. The van der Waals surface area contributed by atoms with Crippen molar-refractivity contribution in [3.63, 3.8) is 0 Å². The van der Waals surface area contributed by atoms with E-state index in [9.17, 15) is 4.79 Å². The van der Waals surface area contributed by atoms with Crippen LogP contribution in [0.5, 0.6) is 0 Å². The lowest BCUT2D eigenvalue weighted by Gasteiger charge is -2.21. The van der Waals surface area contributed by atoms with Gasteiger partial charge in [-0.2, -0.15) is 0 Å². The highest BCUT2D eigenvalue weighted by molar-refractivity contribution is 5.96. The van der Waals surface area contributed by atoms with Crippen LogP contribution in [-0.4, -0.2) is 34.9 Å². The normalized spacial score (nSPS) is 18.3. The molecule has 0 spiro atoms. The first-order valence-corrected chi connectivity index (χ1v) is 6.18. The first-order chi connectivity index (χ1) is 8.74. The number of amides is 1. The van der Waals surface area contributed by atoms with Gasteiger partial charge in [-0.3, -0.25) is 9.78 Å². The van der Waals surface area contributed by atoms with E-state index in [1.165, 1.54) is 0 Å². The number of carbonyl (C=O) groups excluding carboxylic acids is 1. The molecule has 1 fully saturated rings. The summed E-state index contributed by atoms with van der Waals surface area (Å²) < 4.78 is 0. The summed E-state index contributed by atoms with van der Waals surface area (Å²) in [4.78, 5) is 18.4. The van der Waals surface area contributed by atoms with Crippen LogP contribution in [0.25, 0.3) is 0 Å². The van der Waals surface area contributed by atoms with Crippen molar-refractivity contribution < 1.29 is 4.79 Å². The van der Waals surface area contributed by atoms with Gasteiger partial charge in [0, 0.05) is 25.0 Å². The van der Waals surface area contributed by atoms with E-state index in [1.54, 1.807) is 18.5 Å². The van der Waals surface area contributed by atoms with Crippen LogP contribution in [0.1, 0.15) is 35.7 Å². The molecule has 2 rings (SSSR count). The summed E-state index contributed by atoms with van der Waals surface area (Å²) in [7, 11) is 0. The van der Waals surface area contributed by atoms with Gasteiger partial charge in [0.25, 0.3) is 5.91 Å². The minimum Gasteiger partial charge on any atom is -0.336 e. The predicted molar refractivity (Wildman–Crippen MR) is 69.9 cm³/mol. The first kappa shape index (κ1) is 12.6. The second kappa shape index (κ2) is 5.65. The molecule has 0 aliphatic carbocycles. The lowest BCUT2D eigenvalue weighted by atomic mass is 10.1. The monoisotopic (exact) mass is 243 g/mol. The molecule has 1 atom stereocenters. The molecule has 1 unspecified atom stereocenters. The van der Waals surface area contributed by atoms with Crippen LogP contribution in [0, 0.1) is 11.8 Å². The third-order valence-electron chi connectivity index (χ3n) is 3.19. The smallest absolute Gasteiger partial charge is 0.255 e. The van der Waals surface area contributed by atoms with Crippen LogP contribution in [0.15, 0.2) is 18.5 Å². The second-order valence-corrected chi connectivity index (χ2v) is 4.42. The van der Waals surface area contributed by atoms with Crippen LogP contribution in [0.2, 0.25) is 0 Å². The van der Waals surface area contributed by atoms with E-state index in [4.69, 9.17) is 5.73 Å². The Bertz CT molecular complexity index is 501. The van der Waals surface area contributed by atoms with E-state index < -0.39 is 0 Å². The van der Waals surface area contributed by atoms with E-state index >= 15 is 0 Å². The quantitative estimate of drug-likeness (QED) is 0.749. The van der Waals surface area contributed by atoms with Crippen molar-refractivity contribution in [2.24, 2.45) is 5.73 Å². The molecular weight excluding hydrogens is 226 g/mol. The highest BCUT2D eigenvalue weighted by Gasteiger charge is 2.27. The van der Waals surface area contributed by atoms with E-state index in [0.717, 1.165) is 19.4 Å². The fourth-order valence-corrected chi connectivity index (χ4v) is 2.22. The van der Waals surface area contributed by atoms with Crippen molar-refractivity contribution >= 4 is 5.91 Å². The van der Waals surface area contributed by atoms with Gasteiger partial charge in [-0.05, 0) is 25.8 Å². The van der Waals surface area contributed by atoms with Crippen molar-refractivity contribution in [2.75, 3.05) is 13.1 Å². The number of pyridine rings is 1. The number of hydrogen-bond acceptors (Lipinski definition) is 3. The molecule has 1 saturated heterocycles. The van der Waals surface area contributed by atoms with Crippen molar-refractivity contribution in [1.29, 1.82) is 0 Å². The van der Waals surface area contributed by atoms with Gasteiger partial charge in [-0.25, -0.2) is 0 Å². The largest absolute Gasteiger partial charge is 0.336 e. The third-order valence-corrected chi connectivity index (χ3v) is 3.19. The van der Waals surface area contributed by atoms with Gasteiger partial charge < -0.3 is 10.6 Å². The Morgan fingerprint density at radius 2 is 2.50 bits per heavy atom. The molecule has 94 valence electrons. The maximum atomic E-state index is 12.4. The van der Waals surface area contributed by atoms with Crippen LogP contribution in [-0.2, 0) is 0 Å². The average molecular weight is 243 g/mol. The topological polar surface area (TPSA) is 59.2 Å². The maximum Gasteiger partial charge on any atom is 0.255 e. The maximum absolute atomic E-state index is 12.4. The second-order valence-electron chi connectivity index (χ2n) is 4.42. The molecule has 2 heterocycles. The molecule has 1 aromatic heterocycles. The van der Waals surface area contributed by atoms with Gasteiger partial charge in [-0.15, -0.1) is 0 Å². The summed E-state index contributed by atoms with van der Waals surface area (Å²) in [5.74, 6) is 5.72. The SMILES string of the molecule is CC1CCCN1C(=O)c1ccncc1C#CCN. The molecule has 1 aliphatic rings. The zero-order chi connectivity index (χ0) is 13.0. The number of likely N-dealkylation sites (tertiary alicyclic amines) is 1. The van der Waals surface area contributed by atoms with Crippen LogP contribution < -0.4 is 5.73 Å². The van der Waals surface area contributed by atoms with Crippen LogP contribution in [0.3, 0.4) is 0 Å². The summed E-state index contributed by atoms with van der Waals surface area (Å²) in [6.07, 6.45) is 5.39. The molecule has 18 heavy (non-hydrogen) atoms. The van der Waals surface area contributed by atoms with Crippen molar-refractivity contribution in [2.45, 2.75) is 25.8 Å². The van der Waals surface area contributed by atoms with Crippen molar-refractivity contribution in [3.8, 4) is 11.8 Å². The molecule has 4 heteroatoms. The molecule has 1 aromatic rings. The third kappa shape index (κ3) is 2.52. The predicted octanol–water partition coefficient (Wildman–Crippen LogP) is 1.02. The van der Waals surface area contributed by atoms with E-state index in [2.05, 4.69) is 23.7 Å². The van der Waals surface area contributed by atoms with Gasteiger partial charge in [0.1, 0.15) is 0 Å². The van der Waals surface area contributed by atoms with Gasteiger partial charge in [-0.1, -0.05) is 11.8 Å². The number of nitrogens with zero attached hydrogens (tertiary/aromatic N) is 2. The van der Waals surface area contributed by atoms with E-state index in [-0.39, 0.29) is 12.5 Å². The molecular formula is C14H17N3O. The van der Waals surface area contributed by atoms with Crippen molar-refractivity contribution in [3.05, 3.63) is 29.6 Å². The Hall–Kier alpha value is -1.86. The van der Waals surface area contributed by atoms with Crippen LogP contribution >= 0.6 is 0 Å². The van der Waals surface area contributed by atoms with Gasteiger partial charge in [0.2, 0.25) is 0 Å². The number of carbonyl (C=O) groups is 1. The molecule has 1 aliphatic heterocycles. The summed E-state index contributed by atoms with van der Waals surface area (Å²) in [5, 5.41) is 0. The Kier molecular flexibility index (Phi) is 3.96. The average Bonchev–Trinajstić information content (AvgIpc) is 2.82. The van der Waals surface area contributed by atoms with Crippen LogP contribution in [0.4, 0.5) is 0 Å². The minimum absolute atomic E-state index is 0.0451. The standard InChI is InChI=1S/C14H17N3O/c1-11-4-3-9-17(11)14(18)13-6-8-16-10-12(13)5-2-7-15/h6,8,10-11H,3-4,7,9,15H2,1H3. The highest BCUT2D eigenvalue weighted by Crippen LogP contribution is 2.20. The summed E-state index contributed by atoms with van der Waals surface area (Å²) in [5.41, 5.74) is 6.64. The number of rotatable bonds is 1.